The highest BCUT2D eigenvalue weighted by Crippen LogP contribution is 2.35. The Hall–Kier alpha value is -5.55. The summed E-state index contributed by atoms with van der Waals surface area (Å²) in [6.07, 6.45) is 0.286. The van der Waals surface area contributed by atoms with Gasteiger partial charge in [-0.3, -0.25) is 15.1 Å². The SMILES string of the molecule is CCNC(=N)N(C(=O)c1ccc(-c2cnn(C(F)F)c2)cc1)[C@H](COC(=O)NC1(C)CC1)c1ccc(OC(F)(F)F)c(-n2cncn2)c1. The van der Waals surface area contributed by atoms with Gasteiger partial charge in [0, 0.05) is 29.4 Å². The minimum absolute atomic E-state index is 0.0659. The van der Waals surface area contributed by atoms with Crippen molar-refractivity contribution in [1.29, 1.82) is 5.41 Å². The molecule has 13 nitrogen and oxygen atoms in total. The van der Waals surface area contributed by atoms with Gasteiger partial charge in [0.25, 0.3) is 5.91 Å². The first kappa shape index (κ1) is 33.8. The van der Waals surface area contributed by atoms with Crippen molar-refractivity contribution in [2.45, 2.75) is 51.2 Å². The average Bonchev–Trinajstić information content (AvgIpc) is 3.42. The molecule has 5 rings (SSSR count). The zero-order valence-electron chi connectivity index (χ0n) is 25.5. The van der Waals surface area contributed by atoms with Gasteiger partial charge in [-0.1, -0.05) is 18.2 Å². The molecule has 2 heterocycles. The van der Waals surface area contributed by atoms with E-state index in [0.717, 1.165) is 47.3 Å². The molecule has 0 saturated heterocycles. The number of nitrogens with one attached hydrogen (secondary N) is 3. The molecule has 3 N–H and O–H groups in total. The number of ether oxygens (including phenoxy) is 2. The lowest BCUT2D eigenvalue weighted by Gasteiger charge is -2.32. The molecule has 254 valence electrons. The number of hydrogen-bond donors (Lipinski definition) is 3. The van der Waals surface area contributed by atoms with Crippen LogP contribution in [-0.2, 0) is 4.74 Å². The van der Waals surface area contributed by atoms with Crippen LogP contribution in [-0.4, -0.2) is 72.5 Å². The maximum atomic E-state index is 14.1. The summed E-state index contributed by atoms with van der Waals surface area (Å²) >= 11 is 0. The maximum absolute atomic E-state index is 14.1. The zero-order chi connectivity index (χ0) is 34.6. The van der Waals surface area contributed by atoms with Gasteiger partial charge < -0.3 is 20.1 Å². The standard InChI is InChI=1S/C30H30F5N9O4/c1-3-38-27(36)44(25(45)19-6-4-18(5-7-19)21-13-39-42(14-21)26(31)32)23(15-47-28(46)41-29(2)10-11-29)20-8-9-24(48-30(33,34)35)22(12-20)43-17-37-16-40-43/h4-9,12-14,16-17,23,26H,3,10-11,15H2,1-2H3,(H2,36,38)(H,41,46)/t23-/m1/s1. The molecule has 2 amide bonds. The number of rotatable bonds is 11. The van der Waals surface area contributed by atoms with E-state index in [-0.39, 0.29) is 23.4 Å². The van der Waals surface area contributed by atoms with Crippen LogP contribution >= 0.6 is 0 Å². The van der Waals surface area contributed by atoms with Crippen molar-refractivity contribution in [3.05, 3.63) is 78.6 Å². The van der Waals surface area contributed by atoms with Crippen molar-refractivity contribution < 1.29 is 41.0 Å². The lowest BCUT2D eigenvalue weighted by molar-refractivity contribution is -0.274. The van der Waals surface area contributed by atoms with Gasteiger partial charge in [0.05, 0.1) is 12.2 Å². The second-order valence-corrected chi connectivity index (χ2v) is 11.0. The normalized spacial score (nSPS) is 14.2. The van der Waals surface area contributed by atoms with Crippen molar-refractivity contribution in [2.75, 3.05) is 13.2 Å². The first-order valence-electron chi connectivity index (χ1n) is 14.6. The van der Waals surface area contributed by atoms with Gasteiger partial charge in [-0.05, 0) is 62.1 Å². The highest BCUT2D eigenvalue weighted by molar-refractivity contribution is 6.05. The van der Waals surface area contributed by atoms with E-state index < -0.39 is 54.8 Å². The molecular formula is C30H30F5N9O4. The predicted molar refractivity (Wildman–Crippen MR) is 159 cm³/mol. The second-order valence-electron chi connectivity index (χ2n) is 11.0. The van der Waals surface area contributed by atoms with E-state index in [9.17, 15) is 31.5 Å². The van der Waals surface area contributed by atoms with E-state index >= 15 is 0 Å². The van der Waals surface area contributed by atoms with E-state index in [1.807, 2.05) is 6.92 Å². The van der Waals surface area contributed by atoms with Crippen LogP contribution < -0.4 is 15.4 Å². The van der Waals surface area contributed by atoms with Crippen LogP contribution in [0.4, 0.5) is 26.7 Å². The number of benzene rings is 2. The Bertz CT molecular complexity index is 1760. The molecule has 1 aliphatic carbocycles. The Labute approximate surface area is 270 Å². The quantitative estimate of drug-likeness (QED) is 0.108. The van der Waals surface area contributed by atoms with Crippen LogP contribution in [0.15, 0.2) is 67.5 Å². The van der Waals surface area contributed by atoms with Crippen LogP contribution in [0.2, 0.25) is 0 Å². The smallest absolute Gasteiger partial charge is 0.447 e. The Kier molecular flexibility index (Phi) is 9.62. The summed E-state index contributed by atoms with van der Waals surface area (Å²) in [7, 11) is 0. The minimum Gasteiger partial charge on any atom is -0.447 e. The highest BCUT2D eigenvalue weighted by Gasteiger charge is 2.40. The Morgan fingerprint density at radius 3 is 2.42 bits per heavy atom. The van der Waals surface area contributed by atoms with Crippen molar-refractivity contribution in [2.24, 2.45) is 0 Å². The summed E-state index contributed by atoms with van der Waals surface area (Å²) < 4.78 is 77.2. The molecule has 0 unspecified atom stereocenters. The van der Waals surface area contributed by atoms with E-state index in [1.165, 1.54) is 42.6 Å². The van der Waals surface area contributed by atoms with Crippen molar-refractivity contribution in [1.82, 2.24) is 40.1 Å². The number of hydrogen-bond acceptors (Lipinski definition) is 8. The third-order valence-electron chi connectivity index (χ3n) is 7.42. The summed E-state index contributed by atoms with van der Waals surface area (Å²) in [5, 5.41) is 21.8. The average molecular weight is 676 g/mol. The molecule has 1 saturated carbocycles. The van der Waals surface area contributed by atoms with Gasteiger partial charge in [-0.15, -0.1) is 13.2 Å². The van der Waals surface area contributed by atoms with E-state index in [4.69, 9.17) is 10.1 Å². The Morgan fingerprint density at radius 2 is 1.83 bits per heavy atom. The number of carbonyl (C=O) groups is 2. The van der Waals surface area contributed by atoms with Gasteiger partial charge >= 0.3 is 19.0 Å². The van der Waals surface area contributed by atoms with Gasteiger partial charge in [-0.2, -0.15) is 19.0 Å². The van der Waals surface area contributed by atoms with Crippen LogP contribution in [0.3, 0.4) is 0 Å². The van der Waals surface area contributed by atoms with Crippen molar-refractivity contribution >= 4 is 18.0 Å². The molecular weight excluding hydrogens is 645 g/mol. The maximum Gasteiger partial charge on any atom is 0.573 e. The van der Waals surface area contributed by atoms with E-state index in [1.54, 1.807) is 6.92 Å². The number of carbonyl (C=O) groups excluding carboxylic acids is 2. The number of alkyl carbamates (subject to hydrolysis) is 1. The van der Waals surface area contributed by atoms with Crippen molar-refractivity contribution in [3.63, 3.8) is 0 Å². The molecule has 2 aromatic heterocycles. The number of amides is 2. The fraction of sp³-hybridized carbons (Fsp3) is 0.333. The van der Waals surface area contributed by atoms with Gasteiger partial charge in [0.1, 0.15) is 24.9 Å². The van der Waals surface area contributed by atoms with Gasteiger partial charge in [-0.25, -0.2) is 19.1 Å². The zero-order valence-corrected chi connectivity index (χ0v) is 25.5. The number of alkyl halides is 5. The van der Waals surface area contributed by atoms with Crippen LogP contribution in [0, 0.1) is 5.41 Å². The highest BCUT2D eigenvalue weighted by atomic mass is 19.4. The molecule has 4 aromatic rings. The fourth-order valence-electron chi connectivity index (χ4n) is 4.72. The molecule has 0 spiro atoms. The summed E-state index contributed by atoms with van der Waals surface area (Å²) in [4.78, 5) is 31.7. The molecule has 1 aliphatic rings. The topological polar surface area (TPSA) is 152 Å². The molecule has 1 atom stereocenters. The summed E-state index contributed by atoms with van der Waals surface area (Å²) in [5.41, 5.74) is 0.440. The number of aromatic nitrogens is 5. The molecule has 2 aromatic carbocycles. The third kappa shape index (κ3) is 8.05. The monoisotopic (exact) mass is 675 g/mol. The Morgan fingerprint density at radius 1 is 1.10 bits per heavy atom. The summed E-state index contributed by atoms with van der Waals surface area (Å²) in [6.45, 7) is 0.381. The molecule has 1 fully saturated rings. The summed E-state index contributed by atoms with van der Waals surface area (Å²) in [5.74, 6) is -1.76. The minimum atomic E-state index is -5.05. The molecule has 0 radical (unpaired) electrons. The largest absolute Gasteiger partial charge is 0.573 e. The van der Waals surface area contributed by atoms with Crippen molar-refractivity contribution in [3.8, 4) is 22.6 Å². The molecule has 0 bridgehead atoms. The number of halogens is 5. The number of guanidine groups is 1. The number of nitrogens with zero attached hydrogens (tertiary/aromatic N) is 6. The van der Waals surface area contributed by atoms with Gasteiger partial charge in [0.2, 0.25) is 0 Å². The Balaban J connectivity index is 1.54. The first-order valence-corrected chi connectivity index (χ1v) is 14.6. The van der Waals surface area contributed by atoms with E-state index in [0.29, 0.717) is 15.8 Å². The third-order valence-corrected chi connectivity index (χ3v) is 7.42. The van der Waals surface area contributed by atoms with E-state index in [2.05, 4.69) is 30.6 Å². The lowest BCUT2D eigenvalue weighted by atomic mass is 10.0. The molecule has 48 heavy (non-hydrogen) atoms. The first-order chi connectivity index (χ1) is 22.8. The summed E-state index contributed by atoms with van der Waals surface area (Å²) in [6, 6.07) is 8.13. The van der Waals surface area contributed by atoms with Gasteiger partial charge in [0.15, 0.2) is 11.7 Å². The lowest BCUT2D eigenvalue weighted by Crippen LogP contribution is -2.48. The molecule has 0 aliphatic heterocycles. The van der Waals surface area contributed by atoms with Crippen LogP contribution in [0.5, 0.6) is 5.75 Å². The van der Waals surface area contributed by atoms with Crippen LogP contribution in [0.25, 0.3) is 16.8 Å². The fourth-order valence-corrected chi connectivity index (χ4v) is 4.72. The predicted octanol–water partition coefficient (Wildman–Crippen LogP) is 5.43. The van der Waals surface area contributed by atoms with Crippen LogP contribution in [0.1, 0.15) is 55.2 Å². The molecule has 18 heteroatoms. The second kappa shape index (κ2) is 13.7.